The van der Waals surface area contributed by atoms with E-state index in [1.54, 1.807) is 36.1 Å². The van der Waals surface area contributed by atoms with Crippen molar-refractivity contribution < 1.29 is 19.1 Å². The summed E-state index contributed by atoms with van der Waals surface area (Å²) in [5.74, 6) is -1.05. The number of hydrogen-bond acceptors (Lipinski definition) is 4. The molecule has 1 N–H and O–H groups in total. The molecule has 0 radical (unpaired) electrons. The van der Waals surface area contributed by atoms with Crippen molar-refractivity contribution in [2.24, 2.45) is 0 Å². The van der Waals surface area contributed by atoms with Gasteiger partial charge in [0.05, 0.1) is 12.2 Å². The first-order valence-electron chi connectivity index (χ1n) is 9.31. The Morgan fingerprint density at radius 1 is 1.00 bits per heavy atom. The smallest absolute Gasteiger partial charge is 0.338 e. The van der Waals surface area contributed by atoms with Crippen LogP contribution >= 0.6 is 0 Å². The fourth-order valence-electron chi connectivity index (χ4n) is 2.69. The maximum atomic E-state index is 12.6. The molecule has 0 aromatic heterocycles. The predicted octanol–water partition coefficient (Wildman–Crippen LogP) is 3.63. The number of esters is 1. The fourth-order valence-corrected chi connectivity index (χ4v) is 2.69. The maximum absolute atomic E-state index is 12.6. The van der Waals surface area contributed by atoms with Crippen molar-refractivity contribution in [3.8, 4) is 0 Å². The Morgan fingerprint density at radius 3 is 2.21 bits per heavy atom. The van der Waals surface area contributed by atoms with Crippen LogP contribution in [-0.2, 0) is 20.9 Å². The van der Waals surface area contributed by atoms with Crippen molar-refractivity contribution in [3.05, 3.63) is 65.7 Å². The third-order valence-corrected chi connectivity index (χ3v) is 4.13. The fraction of sp³-hybridized carbons (Fsp3) is 0.318. The summed E-state index contributed by atoms with van der Waals surface area (Å²) in [5, 5.41) is 2.69. The van der Waals surface area contributed by atoms with Crippen molar-refractivity contribution >= 4 is 23.5 Å². The van der Waals surface area contributed by atoms with Crippen LogP contribution in [0.15, 0.2) is 54.6 Å². The van der Waals surface area contributed by atoms with Crippen LogP contribution in [0.5, 0.6) is 0 Å². The van der Waals surface area contributed by atoms with E-state index in [0.29, 0.717) is 24.4 Å². The van der Waals surface area contributed by atoms with E-state index in [-0.39, 0.29) is 18.4 Å². The van der Waals surface area contributed by atoms with Crippen molar-refractivity contribution in [3.63, 3.8) is 0 Å². The van der Waals surface area contributed by atoms with E-state index in [9.17, 15) is 14.4 Å². The monoisotopic (exact) mass is 382 g/mol. The summed E-state index contributed by atoms with van der Waals surface area (Å²) in [4.78, 5) is 38.2. The Kier molecular flexibility index (Phi) is 7.75. The Balaban J connectivity index is 1.95. The molecular formula is C22H26N2O4. The van der Waals surface area contributed by atoms with Gasteiger partial charge in [0.2, 0.25) is 11.8 Å². The number of hydrogen-bond donors (Lipinski definition) is 1. The number of ether oxygens (including phenoxy) is 1. The molecule has 148 valence electrons. The third-order valence-electron chi connectivity index (χ3n) is 4.13. The van der Waals surface area contributed by atoms with Crippen molar-refractivity contribution in [2.75, 3.05) is 11.9 Å². The average molecular weight is 382 g/mol. The lowest BCUT2D eigenvalue weighted by Crippen LogP contribution is -2.38. The molecule has 0 unspecified atom stereocenters. The van der Waals surface area contributed by atoms with Gasteiger partial charge in [0.1, 0.15) is 6.42 Å². The zero-order chi connectivity index (χ0) is 20.5. The SMILES string of the molecule is CCOC(=O)c1ccc(NC(=O)CC(=O)N(Cc2ccccc2)C(C)C)cc1. The number of amides is 2. The summed E-state index contributed by atoms with van der Waals surface area (Å²) >= 11 is 0. The molecule has 0 aliphatic rings. The van der Waals surface area contributed by atoms with E-state index in [2.05, 4.69) is 5.32 Å². The lowest BCUT2D eigenvalue weighted by Gasteiger charge is -2.26. The van der Waals surface area contributed by atoms with Crippen LogP contribution < -0.4 is 5.32 Å². The molecule has 0 atom stereocenters. The van der Waals surface area contributed by atoms with Gasteiger partial charge in [0, 0.05) is 18.3 Å². The van der Waals surface area contributed by atoms with Gasteiger partial charge in [0.15, 0.2) is 0 Å². The van der Waals surface area contributed by atoms with Gasteiger partial charge in [-0.05, 0) is 50.6 Å². The highest BCUT2D eigenvalue weighted by Gasteiger charge is 2.20. The molecule has 0 aliphatic carbocycles. The molecule has 2 rings (SSSR count). The van der Waals surface area contributed by atoms with Crippen LogP contribution in [0.3, 0.4) is 0 Å². The first-order valence-corrected chi connectivity index (χ1v) is 9.31. The van der Waals surface area contributed by atoms with E-state index in [0.717, 1.165) is 5.56 Å². The topological polar surface area (TPSA) is 75.7 Å². The van der Waals surface area contributed by atoms with Crippen molar-refractivity contribution in [1.82, 2.24) is 4.90 Å². The van der Waals surface area contributed by atoms with E-state index in [1.165, 1.54) is 0 Å². The van der Waals surface area contributed by atoms with Crippen molar-refractivity contribution in [1.29, 1.82) is 0 Å². The number of benzene rings is 2. The highest BCUT2D eigenvalue weighted by molar-refractivity contribution is 6.03. The Hall–Kier alpha value is -3.15. The summed E-state index contributed by atoms with van der Waals surface area (Å²) in [7, 11) is 0. The first kappa shape index (κ1) is 21.2. The summed E-state index contributed by atoms with van der Waals surface area (Å²) in [5.41, 5.74) is 1.94. The molecule has 0 aliphatic heterocycles. The van der Waals surface area contributed by atoms with Gasteiger partial charge in [0.25, 0.3) is 0 Å². The molecule has 2 amide bonds. The summed E-state index contributed by atoms with van der Waals surface area (Å²) < 4.78 is 4.92. The number of nitrogens with one attached hydrogen (secondary N) is 1. The van der Waals surface area contributed by atoms with Gasteiger partial charge in [-0.25, -0.2) is 4.79 Å². The van der Waals surface area contributed by atoms with E-state index < -0.39 is 11.9 Å². The second kappa shape index (κ2) is 10.3. The Labute approximate surface area is 165 Å². The lowest BCUT2D eigenvalue weighted by molar-refractivity contribution is -0.136. The zero-order valence-corrected chi connectivity index (χ0v) is 16.5. The van der Waals surface area contributed by atoms with E-state index in [4.69, 9.17) is 4.74 Å². The molecule has 0 saturated carbocycles. The average Bonchev–Trinajstić information content (AvgIpc) is 2.67. The first-order chi connectivity index (χ1) is 13.4. The number of rotatable bonds is 8. The number of carbonyl (C=O) groups excluding carboxylic acids is 3. The van der Waals surface area contributed by atoms with Crippen LogP contribution in [0.1, 0.15) is 43.1 Å². The van der Waals surface area contributed by atoms with Crippen LogP contribution in [0.25, 0.3) is 0 Å². The minimum absolute atomic E-state index is 0.0237. The molecule has 0 saturated heterocycles. The highest BCUT2D eigenvalue weighted by Crippen LogP contribution is 2.13. The largest absolute Gasteiger partial charge is 0.462 e. The lowest BCUT2D eigenvalue weighted by atomic mass is 10.1. The van der Waals surface area contributed by atoms with Gasteiger partial charge >= 0.3 is 5.97 Å². The minimum atomic E-state index is -0.413. The molecule has 6 heteroatoms. The Bertz CT molecular complexity index is 801. The number of carbonyl (C=O) groups is 3. The molecule has 0 fully saturated rings. The number of anilines is 1. The quantitative estimate of drug-likeness (QED) is 0.559. The Morgan fingerprint density at radius 2 is 1.64 bits per heavy atom. The van der Waals surface area contributed by atoms with E-state index in [1.807, 2.05) is 44.2 Å². The molecule has 28 heavy (non-hydrogen) atoms. The minimum Gasteiger partial charge on any atom is -0.462 e. The van der Waals surface area contributed by atoms with Gasteiger partial charge in [-0.2, -0.15) is 0 Å². The number of nitrogens with zero attached hydrogens (tertiary/aromatic N) is 1. The normalized spacial score (nSPS) is 10.4. The predicted molar refractivity (Wildman–Crippen MR) is 108 cm³/mol. The molecule has 2 aromatic rings. The van der Waals surface area contributed by atoms with Gasteiger partial charge in [-0.15, -0.1) is 0 Å². The van der Waals surface area contributed by atoms with Crippen LogP contribution in [0.2, 0.25) is 0 Å². The highest BCUT2D eigenvalue weighted by atomic mass is 16.5. The summed E-state index contributed by atoms with van der Waals surface area (Å²) in [6.07, 6.45) is -0.245. The van der Waals surface area contributed by atoms with Crippen LogP contribution in [0, 0.1) is 0 Å². The van der Waals surface area contributed by atoms with Gasteiger partial charge < -0.3 is 15.0 Å². The summed E-state index contributed by atoms with van der Waals surface area (Å²) in [6.45, 7) is 6.34. The van der Waals surface area contributed by atoms with Gasteiger partial charge in [-0.1, -0.05) is 30.3 Å². The summed E-state index contributed by atoms with van der Waals surface area (Å²) in [6, 6.07) is 16.0. The maximum Gasteiger partial charge on any atom is 0.338 e. The van der Waals surface area contributed by atoms with Crippen LogP contribution in [0.4, 0.5) is 5.69 Å². The van der Waals surface area contributed by atoms with Crippen LogP contribution in [-0.4, -0.2) is 35.3 Å². The second-order valence-electron chi connectivity index (χ2n) is 6.62. The molecule has 6 nitrogen and oxygen atoms in total. The van der Waals surface area contributed by atoms with E-state index >= 15 is 0 Å². The molecule has 0 spiro atoms. The molecule has 2 aromatic carbocycles. The molecular weight excluding hydrogens is 356 g/mol. The zero-order valence-electron chi connectivity index (χ0n) is 16.5. The second-order valence-corrected chi connectivity index (χ2v) is 6.62. The van der Waals surface area contributed by atoms with Crippen molar-refractivity contribution in [2.45, 2.75) is 39.8 Å². The molecule has 0 bridgehead atoms. The third kappa shape index (κ3) is 6.23. The van der Waals surface area contributed by atoms with Gasteiger partial charge in [-0.3, -0.25) is 9.59 Å². The molecule has 0 heterocycles. The standard InChI is InChI=1S/C22H26N2O4/c1-4-28-22(27)18-10-12-19(13-11-18)23-20(25)14-21(26)24(16(2)3)15-17-8-6-5-7-9-17/h5-13,16H,4,14-15H2,1-3H3,(H,23,25).